The summed E-state index contributed by atoms with van der Waals surface area (Å²) >= 11 is 0. The molecule has 0 radical (unpaired) electrons. The smallest absolute Gasteiger partial charge is 0.328 e. The van der Waals surface area contributed by atoms with Crippen LogP contribution in [-0.4, -0.2) is 17.8 Å². The highest BCUT2D eigenvalue weighted by molar-refractivity contribution is 6.18. The van der Waals surface area contributed by atoms with Crippen LogP contribution in [0.5, 0.6) is 0 Å². The predicted octanol–water partition coefficient (Wildman–Crippen LogP) is 1.12. The van der Waals surface area contributed by atoms with Gasteiger partial charge in [0.05, 0.1) is 0 Å². The third-order valence-electron chi connectivity index (χ3n) is 2.75. The van der Waals surface area contributed by atoms with Crippen molar-refractivity contribution in [2.75, 3.05) is 5.32 Å². The molecule has 1 aliphatic rings. The molecule has 0 atom stereocenters. The number of carbonyl (C=O) groups is 3. The van der Waals surface area contributed by atoms with Crippen molar-refractivity contribution in [2.45, 2.75) is 6.92 Å². The number of rotatable bonds is 3. The van der Waals surface area contributed by atoms with Gasteiger partial charge in [0.2, 0.25) is 11.8 Å². The van der Waals surface area contributed by atoms with E-state index in [0.717, 1.165) is 0 Å². The fraction of sp³-hybridized carbons (Fsp3) is 0.154. The lowest BCUT2D eigenvalue weighted by Crippen LogP contribution is -2.56. The first kappa shape index (κ1) is 13.7. The van der Waals surface area contributed by atoms with Gasteiger partial charge in [0, 0.05) is 11.4 Å². The van der Waals surface area contributed by atoms with Gasteiger partial charge in [-0.2, -0.15) is 0 Å². The molecule has 1 fully saturated rings. The number of urea groups is 1. The van der Waals surface area contributed by atoms with Crippen LogP contribution >= 0.6 is 0 Å². The molecule has 1 saturated heterocycles. The number of barbiturate groups is 1. The van der Waals surface area contributed by atoms with E-state index in [4.69, 9.17) is 0 Å². The molecule has 3 N–H and O–H groups in total. The number of nitrogens with one attached hydrogen (secondary N) is 3. The van der Waals surface area contributed by atoms with Crippen LogP contribution in [0.3, 0.4) is 0 Å². The Labute approximate surface area is 114 Å². The van der Waals surface area contributed by atoms with E-state index in [2.05, 4.69) is 5.32 Å². The molecule has 0 bridgehead atoms. The molecule has 2 rings (SSSR count). The number of imide groups is 2. The van der Waals surface area contributed by atoms with Gasteiger partial charge in [-0.25, -0.2) is 9.18 Å². The van der Waals surface area contributed by atoms with Crippen LogP contribution < -0.4 is 16.0 Å². The van der Waals surface area contributed by atoms with Gasteiger partial charge in [-0.3, -0.25) is 20.2 Å². The number of hydrogen-bond donors (Lipinski definition) is 3. The lowest BCUT2D eigenvalue weighted by Gasteiger charge is -2.23. The number of carbonyl (C=O) groups excluding carboxylic acids is 3. The first-order valence-electron chi connectivity index (χ1n) is 5.85. The normalized spacial score (nSPS) is 16.7. The van der Waals surface area contributed by atoms with E-state index in [0.29, 0.717) is 11.4 Å². The number of benzene rings is 1. The molecule has 1 heterocycles. The van der Waals surface area contributed by atoms with Gasteiger partial charge in [-0.1, -0.05) is 6.08 Å². The summed E-state index contributed by atoms with van der Waals surface area (Å²) < 4.78 is 12.8. The van der Waals surface area contributed by atoms with E-state index in [9.17, 15) is 18.8 Å². The summed E-state index contributed by atoms with van der Waals surface area (Å²) in [5, 5.41) is 6.90. The van der Waals surface area contributed by atoms with Crippen molar-refractivity contribution >= 4 is 23.5 Å². The maximum absolute atomic E-state index is 12.8. The average Bonchev–Trinajstić information content (AvgIpc) is 2.38. The van der Waals surface area contributed by atoms with Gasteiger partial charge in [0.25, 0.3) is 0 Å². The van der Waals surface area contributed by atoms with Crippen molar-refractivity contribution in [1.82, 2.24) is 10.6 Å². The summed E-state index contributed by atoms with van der Waals surface area (Å²) in [4.78, 5) is 34.4. The Balaban J connectivity index is 2.20. The van der Waals surface area contributed by atoms with Crippen molar-refractivity contribution in [1.29, 1.82) is 0 Å². The highest BCUT2D eigenvalue weighted by Crippen LogP contribution is 2.18. The molecular formula is C13H12FN3O3. The Morgan fingerprint density at radius 1 is 1.15 bits per heavy atom. The zero-order valence-corrected chi connectivity index (χ0v) is 10.6. The lowest BCUT2D eigenvalue weighted by atomic mass is 10.0. The zero-order chi connectivity index (χ0) is 14.7. The summed E-state index contributed by atoms with van der Waals surface area (Å²) in [6.45, 7) is 1.64. The van der Waals surface area contributed by atoms with Crippen LogP contribution in [0, 0.1) is 11.7 Å². The first-order chi connectivity index (χ1) is 9.51. The Morgan fingerprint density at radius 2 is 1.70 bits per heavy atom. The summed E-state index contributed by atoms with van der Waals surface area (Å²) in [5.74, 6) is -2.96. The minimum atomic E-state index is -1.15. The zero-order valence-electron chi connectivity index (χ0n) is 10.6. The minimum Gasteiger partial charge on any atom is -0.358 e. The van der Waals surface area contributed by atoms with E-state index in [1.54, 1.807) is 13.0 Å². The van der Waals surface area contributed by atoms with Crippen LogP contribution in [0.4, 0.5) is 14.9 Å². The number of amides is 4. The van der Waals surface area contributed by atoms with Gasteiger partial charge in [-0.05, 0) is 31.2 Å². The van der Waals surface area contributed by atoms with Gasteiger partial charge in [0.1, 0.15) is 5.82 Å². The van der Waals surface area contributed by atoms with Crippen LogP contribution in [0.15, 0.2) is 36.0 Å². The van der Waals surface area contributed by atoms with Crippen molar-refractivity contribution in [2.24, 2.45) is 5.92 Å². The van der Waals surface area contributed by atoms with Crippen LogP contribution in [0.1, 0.15) is 6.92 Å². The van der Waals surface area contributed by atoms with E-state index in [-0.39, 0.29) is 0 Å². The fourth-order valence-corrected chi connectivity index (χ4v) is 1.81. The molecule has 7 heteroatoms. The molecule has 104 valence electrons. The lowest BCUT2D eigenvalue weighted by molar-refractivity contribution is -0.134. The predicted molar refractivity (Wildman–Crippen MR) is 69.0 cm³/mol. The topological polar surface area (TPSA) is 87.3 Å². The molecule has 0 spiro atoms. The molecule has 1 aromatic rings. The molecule has 6 nitrogen and oxygen atoms in total. The molecule has 0 aliphatic carbocycles. The van der Waals surface area contributed by atoms with E-state index >= 15 is 0 Å². The fourth-order valence-electron chi connectivity index (χ4n) is 1.81. The molecule has 1 aromatic carbocycles. The number of anilines is 1. The minimum absolute atomic E-state index is 0.305. The van der Waals surface area contributed by atoms with Gasteiger partial charge < -0.3 is 5.32 Å². The average molecular weight is 277 g/mol. The molecular weight excluding hydrogens is 265 g/mol. The second-order valence-electron chi connectivity index (χ2n) is 4.12. The maximum atomic E-state index is 12.8. The highest BCUT2D eigenvalue weighted by atomic mass is 19.1. The van der Waals surface area contributed by atoms with E-state index < -0.39 is 29.6 Å². The molecule has 0 saturated carbocycles. The standard InChI is InChI=1S/C13H12FN3O3/c1-2-9(15-8-5-3-7(14)4-6-8)10-11(18)16-13(20)17-12(10)19/h2-6,10,15H,1H3,(H2,16,17,18,19,20)/b9-2-. The van der Waals surface area contributed by atoms with Crippen molar-refractivity contribution in [3.63, 3.8) is 0 Å². The molecule has 20 heavy (non-hydrogen) atoms. The molecule has 4 amide bonds. The van der Waals surface area contributed by atoms with Crippen molar-refractivity contribution < 1.29 is 18.8 Å². The van der Waals surface area contributed by atoms with E-state index in [1.807, 2.05) is 10.6 Å². The monoisotopic (exact) mass is 277 g/mol. The quantitative estimate of drug-likeness (QED) is 0.723. The van der Waals surface area contributed by atoms with Crippen LogP contribution in [0.2, 0.25) is 0 Å². The SMILES string of the molecule is C/C=C(\Nc1ccc(F)cc1)C1C(=O)NC(=O)NC1=O. The summed E-state index contributed by atoms with van der Waals surface area (Å²) in [6, 6.07) is 4.61. The molecule has 0 unspecified atom stereocenters. The maximum Gasteiger partial charge on any atom is 0.328 e. The molecule has 0 aromatic heterocycles. The second kappa shape index (κ2) is 5.52. The molecule has 1 aliphatic heterocycles. The summed E-state index contributed by atoms with van der Waals surface area (Å²) in [5.41, 5.74) is 0.830. The van der Waals surface area contributed by atoms with Crippen LogP contribution in [-0.2, 0) is 9.59 Å². The second-order valence-corrected chi connectivity index (χ2v) is 4.12. The van der Waals surface area contributed by atoms with Gasteiger partial charge in [-0.15, -0.1) is 0 Å². The Kier molecular flexibility index (Phi) is 3.79. The highest BCUT2D eigenvalue weighted by Gasteiger charge is 2.36. The summed E-state index contributed by atoms with van der Waals surface area (Å²) in [6.07, 6.45) is 1.54. The third kappa shape index (κ3) is 2.82. The largest absolute Gasteiger partial charge is 0.358 e. The van der Waals surface area contributed by atoms with Gasteiger partial charge >= 0.3 is 6.03 Å². The Bertz CT molecular complexity index is 575. The van der Waals surface area contributed by atoms with E-state index in [1.165, 1.54) is 24.3 Å². The Morgan fingerprint density at radius 3 is 2.20 bits per heavy atom. The first-order valence-corrected chi connectivity index (χ1v) is 5.85. The van der Waals surface area contributed by atoms with Gasteiger partial charge in [0.15, 0.2) is 5.92 Å². The van der Waals surface area contributed by atoms with Crippen molar-refractivity contribution in [3.05, 3.63) is 41.9 Å². The third-order valence-corrected chi connectivity index (χ3v) is 2.75. The van der Waals surface area contributed by atoms with Crippen molar-refractivity contribution in [3.8, 4) is 0 Å². The number of allylic oxidation sites excluding steroid dienone is 1. The number of hydrogen-bond acceptors (Lipinski definition) is 4. The summed E-state index contributed by atoms with van der Waals surface area (Å²) in [7, 11) is 0. The Hall–Kier alpha value is -2.70. The van der Waals surface area contributed by atoms with Crippen LogP contribution in [0.25, 0.3) is 0 Å². The number of halogens is 1.